The Labute approximate surface area is 121 Å². The number of nitrogens with zero attached hydrogens (tertiary/aromatic N) is 1. The Kier molecular flexibility index (Phi) is 6.82. The van der Waals surface area contributed by atoms with Gasteiger partial charge >= 0.3 is 0 Å². The van der Waals surface area contributed by atoms with Crippen molar-refractivity contribution in [3.8, 4) is 0 Å². The van der Waals surface area contributed by atoms with Crippen LogP contribution in [-0.2, 0) is 4.79 Å². The summed E-state index contributed by atoms with van der Waals surface area (Å²) < 4.78 is 0. The molecule has 2 aliphatic rings. The van der Waals surface area contributed by atoms with Crippen molar-refractivity contribution in [3.05, 3.63) is 0 Å². The summed E-state index contributed by atoms with van der Waals surface area (Å²) in [6.45, 7) is 7.49. The van der Waals surface area contributed by atoms with E-state index in [0.717, 1.165) is 25.4 Å². The summed E-state index contributed by atoms with van der Waals surface area (Å²) in [6.07, 6.45) is 3.10. The molecular weight excluding hydrogens is 268 g/mol. The van der Waals surface area contributed by atoms with Crippen LogP contribution < -0.4 is 5.32 Å². The highest BCUT2D eigenvalue weighted by molar-refractivity contribution is 8.00. The number of hydrogen-bond acceptors (Lipinski definition) is 3. The Morgan fingerprint density at radius 2 is 2.28 bits per heavy atom. The molecule has 5 heteroatoms. The highest BCUT2D eigenvalue weighted by Crippen LogP contribution is 2.25. The van der Waals surface area contributed by atoms with Crippen LogP contribution in [0.3, 0.4) is 0 Å². The molecule has 0 aromatic heterocycles. The minimum atomic E-state index is 0. The molecule has 0 bridgehead atoms. The van der Waals surface area contributed by atoms with E-state index >= 15 is 0 Å². The van der Waals surface area contributed by atoms with Gasteiger partial charge in [-0.2, -0.15) is 11.8 Å². The summed E-state index contributed by atoms with van der Waals surface area (Å²) in [6, 6.07) is 0.439. The molecule has 0 saturated carbocycles. The van der Waals surface area contributed by atoms with Crippen LogP contribution in [0, 0.1) is 5.92 Å². The third-order valence-electron chi connectivity index (χ3n) is 3.77. The zero-order chi connectivity index (χ0) is 12.3. The van der Waals surface area contributed by atoms with E-state index in [1.807, 2.05) is 11.8 Å². The fourth-order valence-corrected chi connectivity index (χ4v) is 3.87. The first-order chi connectivity index (χ1) is 8.16. The molecule has 2 unspecified atom stereocenters. The molecule has 1 N–H and O–H groups in total. The van der Waals surface area contributed by atoms with Gasteiger partial charge in [0.2, 0.25) is 5.91 Å². The maximum Gasteiger partial charge on any atom is 0.224 e. The summed E-state index contributed by atoms with van der Waals surface area (Å²) in [7, 11) is 0. The average Bonchev–Trinajstić information content (AvgIpc) is 2.82. The van der Waals surface area contributed by atoms with Gasteiger partial charge in [0.05, 0.1) is 0 Å². The number of amides is 1. The van der Waals surface area contributed by atoms with Crippen LogP contribution in [0.1, 0.15) is 33.1 Å². The predicted molar refractivity (Wildman–Crippen MR) is 80.6 cm³/mol. The topological polar surface area (TPSA) is 32.3 Å². The number of halogens is 1. The summed E-state index contributed by atoms with van der Waals surface area (Å²) in [5.74, 6) is 2.13. The lowest BCUT2D eigenvalue weighted by Crippen LogP contribution is -2.45. The van der Waals surface area contributed by atoms with Crippen molar-refractivity contribution in [2.24, 2.45) is 5.92 Å². The van der Waals surface area contributed by atoms with Gasteiger partial charge in [0.25, 0.3) is 0 Å². The van der Waals surface area contributed by atoms with E-state index in [9.17, 15) is 4.79 Å². The molecule has 2 aliphatic heterocycles. The summed E-state index contributed by atoms with van der Waals surface area (Å²) in [5, 5.41) is 4.04. The summed E-state index contributed by atoms with van der Waals surface area (Å²) in [4.78, 5) is 14.3. The first kappa shape index (κ1) is 16.1. The van der Waals surface area contributed by atoms with Crippen LogP contribution in [0.25, 0.3) is 0 Å². The van der Waals surface area contributed by atoms with Crippen LogP contribution >= 0.6 is 24.2 Å². The monoisotopic (exact) mass is 292 g/mol. The second kappa shape index (κ2) is 7.61. The Morgan fingerprint density at radius 3 is 2.89 bits per heavy atom. The maximum atomic E-state index is 12.2. The molecule has 2 rings (SSSR count). The number of nitrogens with one attached hydrogen (secondary N) is 1. The van der Waals surface area contributed by atoms with E-state index in [2.05, 4.69) is 24.1 Å². The molecule has 2 fully saturated rings. The molecule has 0 aliphatic carbocycles. The second-order valence-electron chi connectivity index (χ2n) is 5.49. The summed E-state index contributed by atoms with van der Waals surface area (Å²) in [5.41, 5.74) is 0. The Bertz CT molecular complexity index is 270. The number of carbonyl (C=O) groups is 1. The molecule has 106 valence electrons. The van der Waals surface area contributed by atoms with E-state index < -0.39 is 0 Å². The lowest BCUT2D eigenvalue weighted by atomic mass is 10.1. The van der Waals surface area contributed by atoms with Gasteiger partial charge in [0.1, 0.15) is 0 Å². The van der Waals surface area contributed by atoms with Crippen LogP contribution in [0.4, 0.5) is 0 Å². The molecule has 0 spiro atoms. The van der Waals surface area contributed by atoms with Gasteiger partial charge < -0.3 is 10.2 Å². The van der Waals surface area contributed by atoms with Crippen molar-refractivity contribution < 1.29 is 4.79 Å². The third kappa shape index (κ3) is 4.32. The van der Waals surface area contributed by atoms with Gasteiger partial charge in [-0.1, -0.05) is 13.8 Å². The van der Waals surface area contributed by atoms with Crippen LogP contribution in [0.15, 0.2) is 0 Å². The van der Waals surface area contributed by atoms with Gasteiger partial charge in [-0.3, -0.25) is 4.79 Å². The van der Waals surface area contributed by atoms with Gasteiger partial charge in [0.15, 0.2) is 0 Å². The van der Waals surface area contributed by atoms with Crippen molar-refractivity contribution in [3.63, 3.8) is 0 Å². The van der Waals surface area contributed by atoms with Crippen molar-refractivity contribution >= 4 is 30.1 Å². The lowest BCUT2D eigenvalue weighted by molar-refractivity contribution is -0.131. The second-order valence-corrected chi connectivity index (χ2v) is 6.84. The van der Waals surface area contributed by atoms with Crippen molar-refractivity contribution in [1.29, 1.82) is 0 Å². The number of rotatable bonds is 3. The largest absolute Gasteiger partial charge is 0.341 e. The lowest BCUT2D eigenvalue weighted by Gasteiger charge is -2.35. The van der Waals surface area contributed by atoms with Gasteiger partial charge in [-0.15, -0.1) is 12.4 Å². The number of thioether (sulfide) groups is 1. The molecule has 2 atom stereocenters. The quantitative estimate of drug-likeness (QED) is 0.865. The number of carbonyl (C=O) groups excluding carboxylic acids is 1. The summed E-state index contributed by atoms with van der Waals surface area (Å²) >= 11 is 2.03. The van der Waals surface area contributed by atoms with E-state index in [4.69, 9.17) is 0 Å². The standard InChI is InChI=1S/C13H24N2OS.ClH/c1-10(2)12-9-15(6-7-17-12)13(16)8-11-4-3-5-14-11;/h10-12,14H,3-9H2,1-2H3;1H. The molecule has 2 heterocycles. The van der Waals surface area contributed by atoms with Crippen molar-refractivity contribution in [2.45, 2.75) is 44.4 Å². The minimum Gasteiger partial charge on any atom is -0.341 e. The molecule has 3 nitrogen and oxygen atoms in total. The molecule has 18 heavy (non-hydrogen) atoms. The predicted octanol–water partition coefficient (Wildman–Crippen LogP) is 2.15. The van der Waals surface area contributed by atoms with E-state index in [1.165, 1.54) is 12.8 Å². The Balaban J connectivity index is 0.00000162. The normalized spacial score (nSPS) is 28.3. The zero-order valence-electron chi connectivity index (χ0n) is 11.4. The highest BCUT2D eigenvalue weighted by atomic mass is 35.5. The third-order valence-corrected chi connectivity index (χ3v) is 5.31. The highest BCUT2D eigenvalue weighted by Gasteiger charge is 2.27. The van der Waals surface area contributed by atoms with Gasteiger partial charge in [0, 0.05) is 36.6 Å². The molecule has 1 amide bonds. The van der Waals surface area contributed by atoms with E-state index in [-0.39, 0.29) is 12.4 Å². The fourth-order valence-electron chi connectivity index (χ4n) is 2.58. The molecule has 0 aromatic rings. The van der Waals surface area contributed by atoms with Gasteiger partial charge in [-0.05, 0) is 25.3 Å². The first-order valence-corrected chi connectivity index (χ1v) is 7.84. The average molecular weight is 293 g/mol. The molecule has 0 aromatic carbocycles. The Hall–Kier alpha value is 0.0700. The Morgan fingerprint density at radius 1 is 1.50 bits per heavy atom. The zero-order valence-corrected chi connectivity index (χ0v) is 13.0. The van der Waals surface area contributed by atoms with E-state index in [0.29, 0.717) is 29.5 Å². The minimum absolute atomic E-state index is 0. The first-order valence-electron chi connectivity index (χ1n) is 6.79. The fraction of sp³-hybridized carbons (Fsp3) is 0.923. The van der Waals surface area contributed by atoms with Gasteiger partial charge in [-0.25, -0.2) is 0 Å². The molecular formula is C13H25ClN2OS. The van der Waals surface area contributed by atoms with Crippen molar-refractivity contribution in [1.82, 2.24) is 10.2 Å². The smallest absolute Gasteiger partial charge is 0.224 e. The number of hydrogen-bond donors (Lipinski definition) is 1. The maximum absolute atomic E-state index is 12.2. The van der Waals surface area contributed by atoms with Crippen LogP contribution in [-0.4, -0.2) is 47.5 Å². The van der Waals surface area contributed by atoms with Crippen LogP contribution in [0.2, 0.25) is 0 Å². The van der Waals surface area contributed by atoms with Crippen molar-refractivity contribution in [2.75, 3.05) is 25.4 Å². The SMILES string of the molecule is CC(C)C1CN(C(=O)CC2CCCN2)CCS1.Cl. The molecule has 0 radical (unpaired) electrons. The van der Waals surface area contributed by atoms with Crippen LogP contribution in [0.5, 0.6) is 0 Å². The van der Waals surface area contributed by atoms with E-state index in [1.54, 1.807) is 0 Å². The molecule has 2 saturated heterocycles.